The second-order valence-corrected chi connectivity index (χ2v) is 6.48. The minimum absolute atomic E-state index is 0.0158. The summed E-state index contributed by atoms with van der Waals surface area (Å²) >= 11 is 5.12. The quantitative estimate of drug-likeness (QED) is 0.896. The SMILES string of the molecule is NC(=O)C1CCCC1NCc1csc(Br)c1. The van der Waals surface area contributed by atoms with Crippen LogP contribution in [0.5, 0.6) is 0 Å². The molecule has 2 rings (SSSR count). The highest BCUT2D eigenvalue weighted by Crippen LogP contribution is 2.26. The predicted molar refractivity (Wildman–Crippen MR) is 69.2 cm³/mol. The average Bonchev–Trinajstić information content (AvgIpc) is 2.83. The molecule has 2 atom stereocenters. The van der Waals surface area contributed by atoms with Gasteiger partial charge >= 0.3 is 0 Å². The Balaban J connectivity index is 1.87. The third-order valence-electron chi connectivity index (χ3n) is 3.07. The number of halogens is 1. The van der Waals surface area contributed by atoms with Crippen LogP contribution < -0.4 is 11.1 Å². The van der Waals surface area contributed by atoms with E-state index in [0.717, 1.165) is 29.6 Å². The van der Waals surface area contributed by atoms with Crippen LogP contribution in [0.3, 0.4) is 0 Å². The molecule has 1 amide bonds. The second kappa shape index (κ2) is 5.29. The van der Waals surface area contributed by atoms with Gasteiger partial charge in [-0.3, -0.25) is 4.79 Å². The third kappa shape index (κ3) is 2.84. The Kier molecular flexibility index (Phi) is 4.00. The molecule has 5 heteroatoms. The van der Waals surface area contributed by atoms with E-state index in [1.165, 1.54) is 5.56 Å². The Morgan fingerprint density at radius 2 is 2.44 bits per heavy atom. The number of hydrogen-bond donors (Lipinski definition) is 2. The van der Waals surface area contributed by atoms with Gasteiger partial charge in [-0.15, -0.1) is 11.3 Å². The van der Waals surface area contributed by atoms with E-state index in [0.29, 0.717) is 0 Å². The van der Waals surface area contributed by atoms with Gasteiger partial charge in [-0.25, -0.2) is 0 Å². The third-order valence-corrected chi connectivity index (χ3v) is 4.62. The van der Waals surface area contributed by atoms with E-state index < -0.39 is 0 Å². The minimum atomic E-state index is -0.165. The van der Waals surface area contributed by atoms with Crippen LogP contribution >= 0.6 is 27.3 Å². The number of rotatable bonds is 4. The monoisotopic (exact) mass is 302 g/mol. The number of nitrogens with one attached hydrogen (secondary N) is 1. The minimum Gasteiger partial charge on any atom is -0.369 e. The summed E-state index contributed by atoms with van der Waals surface area (Å²) in [7, 11) is 0. The van der Waals surface area contributed by atoms with Gasteiger partial charge in [0, 0.05) is 12.6 Å². The molecule has 0 aromatic carbocycles. The normalized spacial score (nSPS) is 24.8. The van der Waals surface area contributed by atoms with E-state index >= 15 is 0 Å². The van der Waals surface area contributed by atoms with Crippen molar-refractivity contribution in [1.82, 2.24) is 5.32 Å². The molecule has 1 aromatic heterocycles. The van der Waals surface area contributed by atoms with E-state index in [9.17, 15) is 4.79 Å². The summed E-state index contributed by atoms with van der Waals surface area (Å²) in [6, 6.07) is 2.36. The topological polar surface area (TPSA) is 55.1 Å². The van der Waals surface area contributed by atoms with Gasteiger partial charge in [0.25, 0.3) is 0 Å². The highest BCUT2D eigenvalue weighted by atomic mass is 79.9. The maximum absolute atomic E-state index is 11.2. The Morgan fingerprint density at radius 1 is 1.62 bits per heavy atom. The highest BCUT2D eigenvalue weighted by molar-refractivity contribution is 9.11. The molecule has 0 spiro atoms. The molecule has 88 valence electrons. The van der Waals surface area contributed by atoms with E-state index in [1.54, 1.807) is 11.3 Å². The standard InChI is InChI=1S/C11H15BrN2OS/c12-10-4-7(6-16-10)5-14-9-3-1-2-8(9)11(13)15/h4,6,8-9,14H,1-3,5H2,(H2,13,15). The van der Waals surface area contributed by atoms with Gasteiger partial charge in [-0.2, -0.15) is 0 Å². The van der Waals surface area contributed by atoms with Gasteiger partial charge in [0.05, 0.1) is 9.70 Å². The summed E-state index contributed by atoms with van der Waals surface area (Å²) in [4.78, 5) is 11.2. The molecule has 3 nitrogen and oxygen atoms in total. The predicted octanol–water partition coefficient (Wildman–Crippen LogP) is 2.25. The number of primary amides is 1. The van der Waals surface area contributed by atoms with Gasteiger partial charge in [-0.05, 0) is 45.8 Å². The van der Waals surface area contributed by atoms with Crippen LogP contribution in [-0.2, 0) is 11.3 Å². The number of nitrogens with two attached hydrogens (primary N) is 1. The fourth-order valence-corrected chi connectivity index (χ4v) is 3.44. The van der Waals surface area contributed by atoms with Gasteiger partial charge < -0.3 is 11.1 Å². The molecule has 0 radical (unpaired) electrons. The summed E-state index contributed by atoms with van der Waals surface area (Å²) < 4.78 is 1.14. The van der Waals surface area contributed by atoms with Crippen molar-refractivity contribution in [2.45, 2.75) is 31.8 Å². The average molecular weight is 303 g/mol. The van der Waals surface area contributed by atoms with E-state index in [2.05, 4.69) is 32.7 Å². The molecular weight excluding hydrogens is 288 g/mol. The maximum Gasteiger partial charge on any atom is 0.222 e. The zero-order valence-corrected chi connectivity index (χ0v) is 11.3. The molecule has 1 aromatic rings. The molecule has 1 aliphatic carbocycles. The summed E-state index contributed by atoms with van der Waals surface area (Å²) in [5.41, 5.74) is 6.63. The zero-order chi connectivity index (χ0) is 11.5. The number of hydrogen-bond acceptors (Lipinski definition) is 3. The largest absolute Gasteiger partial charge is 0.369 e. The molecule has 3 N–H and O–H groups in total. The molecule has 0 saturated heterocycles. The number of amides is 1. The van der Waals surface area contributed by atoms with Gasteiger partial charge in [-0.1, -0.05) is 6.42 Å². The molecule has 2 unspecified atom stereocenters. The molecule has 1 aliphatic rings. The molecule has 1 fully saturated rings. The Bertz CT molecular complexity index is 380. The van der Waals surface area contributed by atoms with Crippen molar-refractivity contribution in [3.8, 4) is 0 Å². The van der Waals surface area contributed by atoms with Gasteiger partial charge in [0.15, 0.2) is 0 Å². The summed E-state index contributed by atoms with van der Waals surface area (Å²) in [5, 5.41) is 5.54. The van der Waals surface area contributed by atoms with Crippen LogP contribution in [0.2, 0.25) is 0 Å². The zero-order valence-electron chi connectivity index (χ0n) is 8.91. The summed E-state index contributed by atoms with van der Waals surface area (Å²) in [6.07, 6.45) is 3.08. The first kappa shape index (κ1) is 12.1. The fourth-order valence-electron chi connectivity index (χ4n) is 2.23. The van der Waals surface area contributed by atoms with Crippen LogP contribution in [0.25, 0.3) is 0 Å². The van der Waals surface area contributed by atoms with Crippen LogP contribution in [0, 0.1) is 5.92 Å². The Hall–Kier alpha value is -0.390. The van der Waals surface area contributed by atoms with Crippen LogP contribution in [0.4, 0.5) is 0 Å². The number of carbonyl (C=O) groups excluding carboxylic acids is 1. The van der Waals surface area contributed by atoms with E-state index in [1.807, 2.05) is 0 Å². The smallest absolute Gasteiger partial charge is 0.222 e. The summed E-state index contributed by atoms with van der Waals surface area (Å²) in [5.74, 6) is -0.149. The van der Waals surface area contributed by atoms with Crippen molar-refractivity contribution in [1.29, 1.82) is 0 Å². The molecule has 1 saturated carbocycles. The lowest BCUT2D eigenvalue weighted by Crippen LogP contribution is -2.38. The molecule has 1 heterocycles. The van der Waals surface area contributed by atoms with Gasteiger partial charge in [0.1, 0.15) is 0 Å². The Labute approximate surface area is 108 Å². The highest BCUT2D eigenvalue weighted by Gasteiger charge is 2.30. The van der Waals surface area contributed by atoms with Crippen molar-refractivity contribution in [3.05, 3.63) is 20.8 Å². The maximum atomic E-state index is 11.2. The van der Waals surface area contributed by atoms with Crippen LogP contribution in [0.1, 0.15) is 24.8 Å². The van der Waals surface area contributed by atoms with Crippen LogP contribution in [-0.4, -0.2) is 11.9 Å². The van der Waals surface area contributed by atoms with Crippen molar-refractivity contribution in [3.63, 3.8) is 0 Å². The van der Waals surface area contributed by atoms with Gasteiger partial charge in [0.2, 0.25) is 5.91 Å². The molecular formula is C11H15BrN2OS. The Morgan fingerprint density at radius 3 is 3.06 bits per heavy atom. The molecule has 0 aliphatic heterocycles. The van der Waals surface area contributed by atoms with Crippen molar-refractivity contribution in [2.75, 3.05) is 0 Å². The van der Waals surface area contributed by atoms with Crippen LogP contribution in [0.15, 0.2) is 15.2 Å². The molecule has 0 bridgehead atoms. The first-order valence-corrected chi connectivity index (χ1v) is 7.09. The summed E-state index contributed by atoms with van der Waals surface area (Å²) in [6.45, 7) is 0.816. The van der Waals surface area contributed by atoms with E-state index in [4.69, 9.17) is 5.73 Å². The first-order valence-electron chi connectivity index (χ1n) is 5.42. The fraction of sp³-hybridized carbons (Fsp3) is 0.545. The lowest BCUT2D eigenvalue weighted by molar-refractivity contribution is -0.122. The van der Waals surface area contributed by atoms with Crippen molar-refractivity contribution >= 4 is 33.2 Å². The van der Waals surface area contributed by atoms with Crippen molar-refractivity contribution < 1.29 is 4.79 Å². The molecule has 16 heavy (non-hydrogen) atoms. The van der Waals surface area contributed by atoms with Crippen molar-refractivity contribution in [2.24, 2.45) is 11.7 Å². The first-order chi connectivity index (χ1) is 7.66. The lowest BCUT2D eigenvalue weighted by atomic mass is 10.0. The lowest BCUT2D eigenvalue weighted by Gasteiger charge is -2.17. The number of carbonyl (C=O) groups is 1. The number of thiophene rings is 1. The second-order valence-electron chi connectivity index (χ2n) is 4.19. The van der Waals surface area contributed by atoms with E-state index in [-0.39, 0.29) is 17.9 Å².